The number of hydrogen-bond acceptors (Lipinski definition) is 4. The van der Waals surface area contributed by atoms with Gasteiger partial charge in [0.2, 0.25) is 11.8 Å². The van der Waals surface area contributed by atoms with Crippen LogP contribution in [-0.2, 0) is 16.1 Å². The predicted molar refractivity (Wildman–Crippen MR) is 130 cm³/mol. The van der Waals surface area contributed by atoms with Gasteiger partial charge in [-0.05, 0) is 49.6 Å². The van der Waals surface area contributed by atoms with Crippen molar-refractivity contribution in [3.63, 3.8) is 0 Å². The number of carbonyl (C=O) groups is 2. The Balaban J connectivity index is 1.65. The Bertz CT molecular complexity index is 851. The van der Waals surface area contributed by atoms with Crippen LogP contribution in [0.4, 0.5) is 0 Å². The van der Waals surface area contributed by atoms with Crippen molar-refractivity contribution in [2.45, 2.75) is 69.0 Å². The molecule has 0 aromatic heterocycles. The first-order chi connectivity index (χ1) is 15.6. The van der Waals surface area contributed by atoms with E-state index in [0.717, 1.165) is 41.9 Å². The van der Waals surface area contributed by atoms with Gasteiger partial charge in [0.25, 0.3) is 0 Å². The molecule has 1 aliphatic rings. The van der Waals surface area contributed by atoms with Gasteiger partial charge in [-0.25, -0.2) is 0 Å². The molecule has 1 atom stereocenters. The number of thioether (sulfide) groups is 1. The summed E-state index contributed by atoms with van der Waals surface area (Å²) in [7, 11) is 1.63. The highest BCUT2D eigenvalue weighted by atomic mass is 32.2. The van der Waals surface area contributed by atoms with Crippen molar-refractivity contribution in [2.75, 3.05) is 12.9 Å². The summed E-state index contributed by atoms with van der Waals surface area (Å²) in [5.74, 6) is 1.39. The molecule has 6 heteroatoms. The van der Waals surface area contributed by atoms with E-state index in [4.69, 9.17) is 4.74 Å². The monoisotopic (exact) mass is 454 g/mol. The van der Waals surface area contributed by atoms with Gasteiger partial charge in [-0.2, -0.15) is 0 Å². The molecule has 1 fully saturated rings. The summed E-state index contributed by atoms with van der Waals surface area (Å²) in [6.45, 7) is 2.24. The van der Waals surface area contributed by atoms with Gasteiger partial charge in [-0.3, -0.25) is 9.59 Å². The summed E-state index contributed by atoms with van der Waals surface area (Å²) in [6.07, 6.45) is 5.99. The number of nitrogens with one attached hydrogen (secondary N) is 1. The summed E-state index contributed by atoms with van der Waals surface area (Å²) < 4.78 is 5.24. The Labute approximate surface area is 195 Å². The van der Waals surface area contributed by atoms with Crippen molar-refractivity contribution >= 4 is 23.6 Å². The molecule has 5 nitrogen and oxygen atoms in total. The zero-order valence-electron chi connectivity index (χ0n) is 19.1. The van der Waals surface area contributed by atoms with Gasteiger partial charge in [0.05, 0.1) is 7.11 Å². The van der Waals surface area contributed by atoms with Crippen molar-refractivity contribution in [1.82, 2.24) is 10.2 Å². The molecule has 2 amide bonds. The van der Waals surface area contributed by atoms with Gasteiger partial charge in [-0.15, -0.1) is 11.8 Å². The smallest absolute Gasteiger partial charge is 0.242 e. The molecule has 0 saturated heterocycles. The molecule has 1 unspecified atom stereocenters. The summed E-state index contributed by atoms with van der Waals surface area (Å²) in [5.41, 5.74) is 0.979. The number of benzene rings is 2. The van der Waals surface area contributed by atoms with Crippen LogP contribution in [0.25, 0.3) is 0 Å². The van der Waals surface area contributed by atoms with Crippen LogP contribution in [0.2, 0.25) is 0 Å². The van der Waals surface area contributed by atoms with Crippen LogP contribution in [0.1, 0.15) is 51.0 Å². The normalized spacial score (nSPS) is 15.1. The Morgan fingerprint density at radius 1 is 1.06 bits per heavy atom. The fraction of sp³-hybridized carbons (Fsp3) is 0.462. The maximum absolute atomic E-state index is 13.2. The van der Waals surface area contributed by atoms with Gasteiger partial charge in [0.15, 0.2) is 0 Å². The van der Waals surface area contributed by atoms with E-state index in [1.54, 1.807) is 23.8 Å². The maximum atomic E-state index is 13.2. The van der Waals surface area contributed by atoms with E-state index in [9.17, 15) is 9.59 Å². The molecular formula is C26H34N2O3S. The third-order valence-corrected chi connectivity index (χ3v) is 6.97. The third kappa shape index (κ3) is 7.30. The highest BCUT2D eigenvalue weighted by Crippen LogP contribution is 2.21. The largest absolute Gasteiger partial charge is 0.497 e. The molecule has 3 rings (SSSR count). The molecule has 2 aromatic rings. The summed E-state index contributed by atoms with van der Waals surface area (Å²) in [6, 6.07) is 17.4. The van der Waals surface area contributed by atoms with Crippen LogP contribution in [0.15, 0.2) is 59.5 Å². The average Bonchev–Trinajstić information content (AvgIpc) is 2.83. The van der Waals surface area contributed by atoms with Crippen molar-refractivity contribution in [3.05, 3.63) is 60.2 Å². The van der Waals surface area contributed by atoms with E-state index in [1.807, 2.05) is 61.5 Å². The fourth-order valence-corrected chi connectivity index (χ4v) is 4.86. The molecule has 1 aliphatic carbocycles. The van der Waals surface area contributed by atoms with E-state index in [0.29, 0.717) is 18.7 Å². The maximum Gasteiger partial charge on any atom is 0.242 e. The summed E-state index contributed by atoms with van der Waals surface area (Å²) >= 11 is 1.66. The molecule has 32 heavy (non-hydrogen) atoms. The SMILES string of the molecule is COc1ccc(CN(C(=O)CCSc2ccccc2)C(C)C(=O)NC2CCCCC2)cc1. The second-order valence-electron chi connectivity index (χ2n) is 8.30. The Hall–Kier alpha value is -2.47. The quantitative estimate of drug-likeness (QED) is 0.511. The van der Waals surface area contributed by atoms with Gasteiger partial charge in [-0.1, -0.05) is 49.6 Å². The molecule has 2 aromatic carbocycles. The van der Waals surface area contributed by atoms with Crippen LogP contribution < -0.4 is 10.1 Å². The van der Waals surface area contributed by atoms with Crippen LogP contribution in [0.3, 0.4) is 0 Å². The van der Waals surface area contributed by atoms with E-state index in [-0.39, 0.29) is 17.9 Å². The number of hydrogen-bond donors (Lipinski definition) is 1. The molecule has 172 valence electrons. The number of carbonyl (C=O) groups excluding carboxylic acids is 2. The van der Waals surface area contributed by atoms with Crippen LogP contribution in [0, 0.1) is 0 Å². The lowest BCUT2D eigenvalue weighted by Gasteiger charge is -2.31. The third-order valence-electron chi connectivity index (χ3n) is 5.96. The van der Waals surface area contributed by atoms with Crippen LogP contribution in [-0.4, -0.2) is 41.7 Å². The van der Waals surface area contributed by atoms with Gasteiger partial charge < -0.3 is 15.0 Å². The second-order valence-corrected chi connectivity index (χ2v) is 9.47. The lowest BCUT2D eigenvalue weighted by atomic mass is 9.95. The Morgan fingerprint density at radius 3 is 2.41 bits per heavy atom. The fourth-order valence-electron chi connectivity index (χ4n) is 4.00. The topological polar surface area (TPSA) is 58.6 Å². The lowest BCUT2D eigenvalue weighted by molar-refractivity contribution is -0.140. The molecule has 0 aliphatic heterocycles. The zero-order chi connectivity index (χ0) is 22.8. The van der Waals surface area contributed by atoms with Gasteiger partial charge in [0.1, 0.15) is 11.8 Å². The Morgan fingerprint density at radius 2 is 1.75 bits per heavy atom. The summed E-state index contributed by atoms with van der Waals surface area (Å²) in [5, 5.41) is 3.18. The standard InChI is InChI=1S/C26H34N2O3S/c1-20(26(30)27-22-9-5-3-6-10-22)28(19-21-13-15-23(31-2)16-14-21)25(29)17-18-32-24-11-7-4-8-12-24/h4,7-8,11-16,20,22H,3,5-6,9-10,17-19H2,1-2H3,(H,27,30). The number of methoxy groups -OCH3 is 1. The second kappa shape index (κ2) is 12.5. The first-order valence-corrected chi connectivity index (χ1v) is 12.5. The van der Waals surface area contributed by atoms with Gasteiger partial charge in [0, 0.05) is 29.7 Å². The molecule has 0 spiro atoms. The van der Waals surface area contributed by atoms with E-state index in [2.05, 4.69) is 5.32 Å². The van der Waals surface area contributed by atoms with E-state index < -0.39 is 6.04 Å². The first-order valence-electron chi connectivity index (χ1n) is 11.5. The Kier molecular flexibility index (Phi) is 9.47. The molecular weight excluding hydrogens is 420 g/mol. The number of nitrogens with zero attached hydrogens (tertiary/aromatic N) is 1. The highest BCUT2D eigenvalue weighted by Gasteiger charge is 2.27. The van der Waals surface area contributed by atoms with E-state index >= 15 is 0 Å². The number of ether oxygens (including phenoxy) is 1. The van der Waals surface area contributed by atoms with Crippen molar-refractivity contribution in [3.8, 4) is 5.75 Å². The molecule has 0 radical (unpaired) electrons. The predicted octanol–water partition coefficient (Wildman–Crippen LogP) is 5.04. The number of rotatable bonds is 10. The minimum absolute atomic E-state index is 0.00413. The van der Waals surface area contributed by atoms with Gasteiger partial charge >= 0.3 is 0 Å². The zero-order valence-corrected chi connectivity index (χ0v) is 19.9. The van der Waals surface area contributed by atoms with Crippen molar-refractivity contribution in [1.29, 1.82) is 0 Å². The molecule has 1 N–H and O–H groups in total. The van der Waals surface area contributed by atoms with E-state index in [1.165, 1.54) is 6.42 Å². The lowest BCUT2D eigenvalue weighted by Crippen LogP contribution is -2.50. The molecule has 0 bridgehead atoms. The highest BCUT2D eigenvalue weighted by molar-refractivity contribution is 7.99. The minimum Gasteiger partial charge on any atom is -0.497 e. The minimum atomic E-state index is -0.520. The van der Waals surface area contributed by atoms with Crippen LogP contribution in [0.5, 0.6) is 5.75 Å². The van der Waals surface area contributed by atoms with Crippen molar-refractivity contribution in [2.24, 2.45) is 0 Å². The first kappa shape index (κ1) is 24.2. The molecule has 1 saturated carbocycles. The summed E-state index contributed by atoms with van der Waals surface area (Å²) in [4.78, 5) is 29.1. The molecule has 0 heterocycles. The number of amides is 2. The van der Waals surface area contributed by atoms with Crippen LogP contribution >= 0.6 is 11.8 Å². The average molecular weight is 455 g/mol. The van der Waals surface area contributed by atoms with Crippen molar-refractivity contribution < 1.29 is 14.3 Å².